The summed E-state index contributed by atoms with van der Waals surface area (Å²) in [4.78, 5) is 25.2. The first-order valence-corrected chi connectivity index (χ1v) is 9.78. The fourth-order valence-electron chi connectivity index (χ4n) is 3.52. The number of halogens is 2. The number of hydrogen-bond donors (Lipinski definition) is 1. The zero-order valence-electron chi connectivity index (χ0n) is 16.2. The average molecular weight is 428 g/mol. The largest absolute Gasteiger partial charge is 0.495 e. The number of aryl methyl sites for hydroxylation is 1. The van der Waals surface area contributed by atoms with Gasteiger partial charge < -0.3 is 19.0 Å². The van der Waals surface area contributed by atoms with Crippen LogP contribution in [0.4, 0.5) is 10.1 Å². The molecule has 0 aliphatic rings. The average Bonchev–Trinajstić information content (AvgIpc) is 3.21. The molecule has 8 heteroatoms. The molecule has 6 nitrogen and oxygen atoms in total. The number of ether oxygens (including phenoxy) is 1. The molecule has 0 aliphatic heterocycles. The maximum Gasteiger partial charge on any atom is 0.275 e. The Morgan fingerprint density at radius 1 is 1.13 bits per heavy atom. The first-order chi connectivity index (χ1) is 14.5. The van der Waals surface area contributed by atoms with Gasteiger partial charge in [-0.2, -0.15) is 0 Å². The first-order valence-electron chi connectivity index (χ1n) is 9.40. The third kappa shape index (κ3) is 3.76. The Kier molecular flexibility index (Phi) is 5.46. The highest BCUT2D eigenvalue weighted by molar-refractivity contribution is 6.32. The smallest absolute Gasteiger partial charge is 0.275 e. The van der Waals surface area contributed by atoms with Gasteiger partial charge in [-0.1, -0.05) is 11.6 Å². The lowest BCUT2D eigenvalue weighted by Gasteiger charge is -2.13. The van der Waals surface area contributed by atoms with E-state index in [0.717, 1.165) is 5.52 Å². The maximum atomic E-state index is 13.8. The minimum absolute atomic E-state index is 0.194. The van der Waals surface area contributed by atoms with Crippen LogP contribution in [0.3, 0.4) is 0 Å². The molecule has 30 heavy (non-hydrogen) atoms. The molecule has 2 heterocycles. The number of fused-ring (bicyclic) bond motifs is 3. The third-order valence-electron chi connectivity index (χ3n) is 4.92. The van der Waals surface area contributed by atoms with E-state index in [0.29, 0.717) is 33.9 Å². The van der Waals surface area contributed by atoms with Crippen molar-refractivity contribution in [3.05, 3.63) is 75.9 Å². The van der Waals surface area contributed by atoms with Crippen molar-refractivity contribution in [3.63, 3.8) is 0 Å². The van der Waals surface area contributed by atoms with Crippen molar-refractivity contribution in [1.29, 1.82) is 0 Å². The molecule has 0 atom stereocenters. The van der Waals surface area contributed by atoms with E-state index < -0.39 is 5.82 Å². The number of nitrogens with zero attached hydrogens (tertiary/aromatic N) is 2. The number of rotatable bonds is 6. The van der Waals surface area contributed by atoms with Crippen LogP contribution in [0.25, 0.3) is 16.6 Å². The Bertz CT molecular complexity index is 1310. The van der Waals surface area contributed by atoms with Gasteiger partial charge in [-0.05, 0) is 55.0 Å². The van der Waals surface area contributed by atoms with Gasteiger partial charge in [-0.25, -0.2) is 4.39 Å². The number of hydrogen-bond acceptors (Lipinski definition) is 3. The maximum absolute atomic E-state index is 13.8. The fourth-order valence-corrected chi connectivity index (χ4v) is 3.77. The highest BCUT2D eigenvalue weighted by Gasteiger charge is 2.12. The van der Waals surface area contributed by atoms with Crippen molar-refractivity contribution in [2.45, 2.75) is 19.4 Å². The molecule has 2 aromatic carbocycles. The predicted molar refractivity (Wildman–Crippen MR) is 115 cm³/mol. The number of amides is 1. The highest BCUT2D eigenvalue weighted by Crippen LogP contribution is 2.27. The molecule has 0 bridgehead atoms. The number of benzene rings is 2. The van der Waals surface area contributed by atoms with Crippen molar-refractivity contribution in [3.8, 4) is 5.75 Å². The number of aromatic nitrogens is 2. The standard InChI is InChI=1S/C22H19ClFN3O3/c1-30-20-9-7-15(13-16(20)23)25-21(28)5-3-11-27-19-12-14(24)6-8-17(19)26-10-2-4-18(26)22(27)29/h2,4,6-10,12-13H,3,5,11H2,1H3,(H,25,28). The summed E-state index contributed by atoms with van der Waals surface area (Å²) in [6.07, 6.45) is 2.38. The van der Waals surface area contributed by atoms with Gasteiger partial charge >= 0.3 is 0 Å². The van der Waals surface area contributed by atoms with E-state index in [4.69, 9.17) is 16.3 Å². The summed E-state index contributed by atoms with van der Waals surface area (Å²) < 4.78 is 22.2. The summed E-state index contributed by atoms with van der Waals surface area (Å²) in [6.45, 7) is 0.289. The number of carbonyl (C=O) groups is 1. The van der Waals surface area contributed by atoms with E-state index in [-0.39, 0.29) is 24.4 Å². The molecule has 0 saturated carbocycles. The normalized spacial score (nSPS) is 11.2. The SMILES string of the molecule is COc1ccc(NC(=O)CCCn2c(=O)c3cccn3c3ccc(F)cc32)cc1Cl. The lowest BCUT2D eigenvalue weighted by molar-refractivity contribution is -0.116. The Morgan fingerprint density at radius 3 is 2.73 bits per heavy atom. The number of nitrogens with one attached hydrogen (secondary N) is 1. The molecule has 0 fully saturated rings. The molecule has 0 unspecified atom stereocenters. The number of anilines is 1. The zero-order chi connectivity index (χ0) is 21.3. The van der Waals surface area contributed by atoms with Gasteiger partial charge in [0, 0.05) is 24.8 Å². The first kappa shape index (κ1) is 20.0. The summed E-state index contributed by atoms with van der Waals surface area (Å²) in [5.41, 5.74) is 2.07. The molecular formula is C22H19ClFN3O3. The van der Waals surface area contributed by atoms with Crippen molar-refractivity contribution in [2.24, 2.45) is 0 Å². The van der Waals surface area contributed by atoms with E-state index >= 15 is 0 Å². The van der Waals surface area contributed by atoms with E-state index in [1.54, 1.807) is 47.0 Å². The van der Waals surface area contributed by atoms with Gasteiger partial charge in [-0.3, -0.25) is 9.59 Å². The lowest BCUT2D eigenvalue weighted by atomic mass is 10.2. The van der Waals surface area contributed by atoms with Gasteiger partial charge in [0.25, 0.3) is 5.56 Å². The summed E-state index contributed by atoms with van der Waals surface area (Å²) in [7, 11) is 1.52. The van der Waals surface area contributed by atoms with Crippen LogP contribution in [0.1, 0.15) is 12.8 Å². The summed E-state index contributed by atoms with van der Waals surface area (Å²) in [5, 5.41) is 3.18. The summed E-state index contributed by atoms with van der Waals surface area (Å²) >= 11 is 6.07. The quantitative estimate of drug-likeness (QED) is 0.493. The Balaban J connectivity index is 1.51. The minimum atomic E-state index is -0.420. The second-order valence-corrected chi connectivity index (χ2v) is 7.26. The monoisotopic (exact) mass is 427 g/mol. The predicted octanol–water partition coefficient (Wildman–Crippen LogP) is 4.47. The minimum Gasteiger partial charge on any atom is -0.495 e. The Hall–Kier alpha value is -3.32. The van der Waals surface area contributed by atoms with E-state index in [9.17, 15) is 14.0 Å². The van der Waals surface area contributed by atoms with Crippen molar-refractivity contribution >= 4 is 39.7 Å². The topological polar surface area (TPSA) is 64.7 Å². The van der Waals surface area contributed by atoms with Gasteiger partial charge in [0.05, 0.1) is 23.2 Å². The Labute approximate surface area is 176 Å². The lowest BCUT2D eigenvalue weighted by Crippen LogP contribution is -2.23. The Morgan fingerprint density at radius 2 is 1.97 bits per heavy atom. The second-order valence-electron chi connectivity index (χ2n) is 6.85. The van der Waals surface area contributed by atoms with Crippen molar-refractivity contribution in [1.82, 2.24) is 8.97 Å². The van der Waals surface area contributed by atoms with Crippen LogP contribution in [0.2, 0.25) is 5.02 Å². The molecule has 0 spiro atoms. The summed E-state index contributed by atoms with van der Waals surface area (Å²) in [5.74, 6) is -0.103. The zero-order valence-corrected chi connectivity index (χ0v) is 16.9. The number of carbonyl (C=O) groups excluding carboxylic acids is 1. The van der Waals surface area contributed by atoms with E-state index in [1.165, 1.54) is 23.8 Å². The van der Waals surface area contributed by atoms with Gasteiger partial charge in [0.2, 0.25) is 5.91 Å². The van der Waals surface area contributed by atoms with Crippen LogP contribution in [-0.2, 0) is 11.3 Å². The van der Waals surface area contributed by atoms with Crippen LogP contribution in [0.15, 0.2) is 59.5 Å². The molecule has 4 rings (SSSR count). The van der Waals surface area contributed by atoms with E-state index in [1.807, 2.05) is 0 Å². The molecular weight excluding hydrogens is 409 g/mol. The van der Waals surface area contributed by atoms with Crippen LogP contribution in [0, 0.1) is 5.82 Å². The van der Waals surface area contributed by atoms with Gasteiger partial charge in [-0.15, -0.1) is 0 Å². The molecule has 0 radical (unpaired) electrons. The fraction of sp³-hybridized carbons (Fsp3) is 0.182. The van der Waals surface area contributed by atoms with Crippen LogP contribution in [-0.4, -0.2) is 22.0 Å². The molecule has 1 N–H and O–H groups in total. The van der Waals surface area contributed by atoms with Gasteiger partial charge in [0.15, 0.2) is 0 Å². The third-order valence-corrected chi connectivity index (χ3v) is 5.22. The number of methoxy groups -OCH3 is 1. The van der Waals surface area contributed by atoms with E-state index in [2.05, 4.69) is 5.32 Å². The van der Waals surface area contributed by atoms with Crippen LogP contribution >= 0.6 is 11.6 Å². The molecule has 2 aromatic heterocycles. The molecule has 0 saturated heterocycles. The van der Waals surface area contributed by atoms with Crippen molar-refractivity contribution < 1.29 is 13.9 Å². The van der Waals surface area contributed by atoms with Gasteiger partial charge in [0.1, 0.15) is 17.1 Å². The molecule has 0 aliphatic carbocycles. The highest BCUT2D eigenvalue weighted by atomic mass is 35.5. The molecule has 154 valence electrons. The van der Waals surface area contributed by atoms with Crippen LogP contribution < -0.4 is 15.6 Å². The molecule has 1 amide bonds. The second kappa shape index (κ2) is 8.20. The molecule has 4 aromatic rings. The van der Waals surface area contributed by atoms with Crippen LogP contribution in [0.5, 0.6) is 5.75 Å². The van der Waals surface area contributed by atoms with Crippen molar-refractivity contribution in [2.75, 3.05) is 12.4 Å². The summed E-state index contributed by atoms with van der Waals surface area (Å²) in [6, 6.07) is 12.8.